The van der Waals surface area contributed by atoms with Gasteiger partial charge in [0.15, 0.2) is 0 Å². The Bertz CT molecular complexity index is 290. The Hall–Kier alpha value is -0.130. The van der Waals surface area contributed by atoms with Crippen molar-refractivity contribution in [3.8, 4) is 0 Å². The minimum Gasteiger partial charge on any atom is -0.202 e. The van der Waals surface area contributed by atoms with Crippen LogP contribution in [0.3, 0.4) is 0 Å². The predicted molar refractivity (Wildman–Crippen MR) is 72.9 cm³/mol. The van der Waals surface area contributed by atoms with Gasteiger partial charge in [0.2, 0.25) is 0 Å². The zero-order valence-electron chi connectivity index (χ0n) is 11.9. The molecule has 0 aliphatic rings. The lowest BCUT2D eigenvalue weighted by atomic mass is 9.86. The Morgan fingerprint density at radius 1 is 0.824 bits per heavy atom. The van der Waals surface area contributed by atoms with Crippen molar-refractivity contribution in [2.75, 3.05) is 13.1 Å². The second-order valence-electron chi connectivity index (χ2n) is 5.75. The van der Waals surface area contributed by atoms with Crippen molar-refractivity contribution >= 4 is 10.2 Å². The zero-order chi connectivity index (χ0) is 13.6. The van der Waals surface area contributed by atoms with Crippen LogP contribution in [0.2, 0.25) is 0 Å². The fourth-order valence-electron chi connectivity index (χ4n) is 1.77. The number of rotatable bonds is 8. The minimum absolute atomic E-state index is 0.317. The molecule has 4 nitrogen and oxygen atoms in total. The summed E-state index contributed by atoms with van der Waals surface area (Å²) in [7, 11) is -3.34. The molecule has 0 heterocycles. The molecule has 0 bridgehead atoms. The summed E-state index contributed by atoms with van der Waals surface area (Å²) in [5, 5.41) is 0. The van der Waals surface area contributed by atoms with E-state index in [-0.39, 0.29) is 0 Å². The SMILES string of the molecule is CC(C)CNS(=O)(=O)NCC(C(C)C)C(C)C. The Labute approximate surface area is 107 Å². The highest BCUT2D eigenvalue weighted by atomic mass is 32.2. The van der Waals surface area contributed by atoms with E-state index in [0.717, 1.165) is 0 Å². The molecule has 0 radical (unpaired) electrons. The van der Waals surface area contributed by atoms with Gasteiger partial charge in [0.25, 0.3) is 10.2 Å². The molecular formula is C12H28N2O2S. The molecule has 0 amide bonds. The van der Waals surface area contributed by atoms with Crippen LogP contribution in [-0.4, -0.2) is 21.5 Å². The van der Waals surface area contributed by atoms with E-state index in [4.69, 9.17) is 0 Å². The van der Waals surface area contributed by atoms with Crippen LogP contribution in [-0.2, 0) is 10.2 Å². The molecule has 0 aliphatic carbocycles. The van der Waals surface area contributed by atoms with Gasteiger partial charge in [-0.25, -0.2) is 9.44 Å². The normalized spacial score (nSPS) is 13.3. The third-order valence-corrected chi connectivity index (χ3v) is 4.00. The first kappa shape index (κ1) is 16.9. The van der Waals surface area contributed by atoms with Crippen LogP contribution in [0, 0.1) is 23.7 Å². The quantitative estimate of drug-likeness (QED) is 0.704. The topological polar surface area (TPSA) is 58.2 Å². The average molecular weight is 264 g/mol. The lowest BCUT2D eigenvalue weighted by molar-refractivity contribution is 0.288. The molecule has 0 unspecified atom stereocenters. The highest BCUT2D eigenvalue weighted by Gasteiger charge is 2.20. The Morgan fingerprint density at radius 2 is 1.24 bits per heavy atom. The van der Waals surface area contributed by atoms with Gasteiger partial charge in [0, 0.05) is 13.1 Å². The molecule has 0 atom stereocenters. The van der Waals surface area contributed by atoms with Crippen LogP contribution in [0.5, 0.6) is 0 Å². The van der Waals surface area contributed by atoms with Gasteiger partial charge in [-0.2, -0.15) is 8.42 Å². The highest BCUT2D eigenvalue weighted by molar-refractivity contribution is 7.87. The summed E-state index contributed by atoms with van der Waals surface area (Å²) >= 11 is 0. The van der Waals surface area contributed by atoms with Gasteiger partial charge in [-0.1, -0.05) is 41.5 Å². The first-order chi connectivity index (χ1) is 7.65. The molecule has 104 valence electrons. The second-order valence-corrected chi connectivity index (χ2v) is 7.33. The molecule has 2 N–H and O–H groups in total. The van der Waals surface area contributed by atoms with Gasteiger partial charge < -0.3 is 0 Å². The first-order valence-corrected chi connectivity index (χ1v) is 7.88. The Morgan fingerprint density at radius 3 is 1.59 bits per heavy atom. The van der Waals surface area contributed by atoms with Crippen molar-refractivity contribution in [1.82, 2.24) is 9.44 Å². The predicted octanol–water partition coefficient (Wildman–Crippen LogP) is 1.99. The van der Waals surface area contributed by atoms with Crippen LogP contribution in [0.25, 0.3) is 0 Å². The van der Waals surface area contributed by atoms with Crippen LogP contribution in [0.1, 0.15) is 41.5 Å². The van der Waals surface area contributed by atoms with Crippen LogP contribution < -0.4 is 9.44 Å². The summed E-state index contributed by atoms with van der Waals surface area (Å²) in [5.41, 5.74) is 0. The first-order valence-electron chi connectivity index (χ1n) is 6.40. The molecular weight excluding hydrogens is 236 g/mol. The highest BCUT2D eigenvalue weighted by Crippen LogP contribution is 2.19. The van der Waals surface area contributed by atoms with Crippen LogP contribution in [0.15, 0.2) is 0 Å². The van der Waals surface area contributed by atoms with Gasteiger partial charge in [0.05, 0.1) is 0 Å². The third-order valence-electron chi connectivity index (χ3n) is 2.90. The van der Waals surface area contributed by atoms with Gasteiger partial charge in [-0.3, -0.25) is 0 Å². The fourth-order valence-corrected chi connectivity index (χ4v) is 2.84. The molecule has 0 saturated carbocycles. The third kappa shape index (κ3) is 7.73. The molecule has 0 aromatic rings. The van der Waals surface area contributed by atoms with Crippen molar-refractivity contribution in [2.45, 2.75) is 41.5 Å². The van der Waals surface area contributed by atoms with E-state index in [1.54, 1.807) is 0 Å². The van der Waals surface area contributed by atoms with Crippen molar-refractivity contribution < 1.29 is 8.42 Å². The maximum atomic E-state index is 11.7. The molecule has 0 aliphatic heterocycles. The van der Waals surface area contributed by atoms with E-state index >= 15 is 0 Å². The summed E-state index contributed by atoms with van der Waals surface area (Å²) in [4.78, 5) is 0. The van der Waals surface area contributed by atoms with Gasteiger partial charge in [-0.05, 0) is 23.7 Å². The van der Waals surface area contributed by atoms with Crippen molar-refractivity contribution in [3.05, 3.63) is 0 Å². The zero-order valence-corrected chi connectivity index (χ0v) is 12.8. The molecule has 17 heavy (non-hydrogen) atoms. The summed E-state index contributed by atoms with van der Waals surface area (Å²) in [5.74, 6) is 1.63. The van der Waals surface area contributed by atoms with E-state index in [9.17, 15) is 8.42 Å². The Kier molecular flexibility index (Phi) is 7.28. The van der Waals surface area contributed by atoms with Gasteiger partial charge >= 0.3 is 0 Å². The molecule has 0 fully saturated rings. The maximum absolute atomic E-state index is 11.7. The largest absolute Gasteiger partial charge is 0.276 e. The number of hydrogen-bond acceptors (Lipinski definition) is 2. The standard InChI is InChI=1S/C12H28N2O2S/c1-9(2)7-13-17(15,16)14-8-12(10(3)4)11(5)6/h9-14H,7-8H2,1-6H3. The molecule has 0 saturated heterocycles. The smallest absolute Gasteiger partial charge is 0.202 e. The summed E-state index contributed by atoms with van der Waals surface area (Å²) in [6.07, 6.45) is 0. The molecule has 0 spiro atoms. The molecule has 5 heteroatoms. The van der Waals surface area contributed by atoms with Crippen LogP contribution in [0.4, 0.5) is 0 Å². The molecule has 0 aromatic carbocycles. The van der Waals surface area contributed by atoms with E-state index in [1.807, 2.05) is 13.8 Å². The van der Waals surface area contributed by atoms with E-state index < -0.39 is 10.2 Å². The minimum atomic E-state index is -3.34. The van der Waals surface area contributed by atoms with Crippen LogP contribution >= 0.6 is 0 Å². The van der Waals surface area contributed by atoms with E-state index in [0.29, 0.717) is 36.8 Å². The summed E-state index contributed by atoms with van der Waals surface area (Å²) in [6.45, 7) is 13.4. The van der Waals surface area contributed by atoms with Gasteiger partial charge in [0.1, 0.15) is 0 Å². The second kappa shape index (κ2) is 7.34. The average Bonchev–Trinajstić information content (AvgIpc) is 2.13. The number of nitrogens with one attached hydrogen (secondary N) is 2. The van der Waals surface area contributed by atoms with Crippen molar-refractivity contribution in [3.63, 3.8) is 0 Å². The van der Waals surface area contributed by atoms with E-state index in [1.165, 1.54) is 0 Å². The number of hydrogen-bond donors (Lipinski definition) is 2. The van der Waals surface area contributed by atoms with E-state index in [2.05, 4.69) is 37.1 Å². The van der Waals surface area contributed by atoms with Crippen molar-refractivity contribution in [1.29, 1.82) is 0 Å². The fraction of sp³-hybridized carbons (Fsp3) is 1.00. The van der Waals surface area contributed by atoms with Crippen molar-refractivity contribution in [2.24, 2.45) is 23.7 Å². The summed E-state index contributed by atoms with van der Waals surface area (Å²) < 4.78 is 28.5. The van der Waals surface area contributed by atoms with Gasteiger partial charge in [-0.15, -0.1) is 0 Å². The summed E-state index contributed by atoms with van der Waals surface area (Å²) in [6, 6.07) is 0. The Balaban J connectivity index is 4.24. The lowest BCUT2D eigenvalue weighted by Gasteiger charge is -2.25. The lowest BCUT2D eigenvalue weighted by Crippen LogP contribution is -2.42. The molecule has 0 rings (SSSR count). The maximum Gasteiger partial charge on any atom is 0.276 e. The monoisotopic (exact) mass is 264 g/mol. The molecule has 0 aromatic heterocycles.